The third-order valence-corrected chi connectivity index (χ3v) is 5.12. The number of carbonyl (C=O) groups excluding carboxylic acids is 2. The number of anilines is 1. The number of aromatic nitrogens is 1. The molecule has 1 N–H and O–H groups in total. The van der Waals surface area contributed by atoms with Crippen LogP contribution in [0.4, 0.5) is 5.00 Å². The van der Waals surface area contributed by atoms with Gasteiger partial charge in [0.2, 0.25) is 5.91 Å². The molecule has 0 saturated heterocycles. The van der Waals surface area contributed by atoms with Gasteiger partial charge in [0, 0.05) is 17.0 Å². The Morgan fingerprint density at radius 2 is 1.89 bits per heavy atom. The zero-order chi connectivity index (χ0) is 20.3. The molecule has 2 aromatic heterocycles. The first-order chi connectivity index (χ1) is 13.2. The van der Waals surface area contributed by atoms with E-state index < -0.39 is 11.4 Å². The fourth-order valence-electron chi connectivity index (χ4n) is 2.37. The van der Waals surface area contributed by atoms with E-state index in [4.69, 9.17) is 9.26 Å². The number of nitrogens with zero attached hydrogens (tertiary/aromatic N) is 1. The van der Waals surface area contributed by atoms with E-state index in [9.17, 15) is 9.59 Å². The minimum Gasteiger partial charge on any atom is -0.455 e. The molecule has 7 heteroatoms. The Hall–Kier alpha value is -2.93. The molecular weight excluding hydrogens is 376 g/mol. The van der Waals surface area contributed by atoms with Crippen LogP contribution in [0.3, 0.4) is 0 Å². The van der Waals surface area contributed by atoms with Gasteiger partial charge in [0.1, 0.15) is 17.2 Å². The van der Waals surface area contributed by atoms with E-state index in [0.717, 1.165) is 11.1 Å². The molecule has 0 fully saturated rings. The Morgan fingerprint density at radius 3 is 2.57 bits per heavy atom. The number of carbonyl (C=O) groups is 2. The van der Waals surface area contributed by atoms with Crippen LogP contribution in [-0.4, -0.2) is 17.0 Å². The van der Waals surface area contributed by atoms with E-state index in [1.165, 1.54) is 11.3 Å². The lowest BCUT2D eigenvalue weighted by atomic mass is 9.96. The van der Waals surface area contributed by atoms with Crippen LogP contribution < -0.4 is 5.32 Å². The summed E-state index contributed by atoms with van der Waals surface area (Å²) in [7, 11) is 0. The monoisotopic (exact) mass is 398 g/mol. The SMILES string of the molecule is Cc1cc(NC(=O)C(C)(C)C)sc1C(=O)OCc1cc(-c2ccccc2)on1. The van der Waals surface area contributed by atoms with Crippen molar-refractivity contribution in [2.75, 3.05) is 5.32 Å². The van der Waals surface area contributed by atoms with Gasteiger partial charge in [-0.05, 0) is 18.6 Å². The number of rotatable bonds is 5. The molecule has 0 aliphatic carbocycles. The van der Waals surface area contributed by atoms with Crippen molar-refractivity contribution in [2.24, 2.45) is 5.41 Å². The molecular formula is C21H22N2O4S. The second kappa shape index (κ2) is 7.98. The Morgan fingerprint density at radius 1 is 1.18 bits per heavy atom. The fourth-order valence-corrected chi connectivity index (χ4v) is 3.33. The molecule has 0 aliphatic rings. The van der Waals surface area contributed by atoms with Gasteiger partial charge in [0.15, 0.2) is 5.76 Å². The molecule has 0 spiro atoms. The molecule has 6 nitrogen and oxygen atoms in total. The lowest BCUT2D eigenvalue weighted by molar-refractivity contribution is -0.123. The van der Waals surface area contributed by atoms with Crippen molar-refractivity contribution in [2.45, 2.75) is 34.3 Å². The number of esters is 1. The van der Waals surface area contributed by atoms with Gasteiger partial charge in [0.05, 0.1) is 5.00 Å². The van der Waals surface area contributed by atoms with E-state index in [0.29, 0.717) is 21.3 Å². The summed E-state index contributed by atoms with van der Waals surface area (Å²) >= 11 is 1.20. The Bertz CT molecular complexity index is 984. The Balaban J connectivity index is 1.63. The van der Waals surface area contributed by atoms with Crippen molar-refractivity contribution in [3.8, 4) is 11.3 Å². The molecule has 0 unspecified atom stereocenters. The highest BCUT2D eigenvalue weighted by molar-refractivity contribution is 7.18. The molecule has 3 aromatic rings. The van der Waals surface area contributed by atoms with Gasteiger partial charge in [0.25, 0.3) is 0 Å². The van der Waals surface area contributed by atoms with Crippen molar-refractivity contribution in [3.05, 3.63) is 58.6 Å². The molecule has 0 saturated carbocycles. The minimum absolute atomic E-state index is 0.0101. The number of thiophene rings is 1. The average molecular weight is 398 g/mol. The van der Waals surface area contributed by atoms with Crippen molar-refractivity contribution in [3.63, 3.8) is 0 Å². The first kappa shape index (κ1) is 19.8. The smallest absolute Gasteiger partial charge is 0.349 e. The number of ether oxygens (including phenoxy) is 1. The van der Waals surface area contributed by atoms with Crippen molar-refractivity contribution in [1.29, 1.82) is 0 Å². The summed E-state index contributed by atoms with van der Waals surface area (Å²) in [5, 5.41) is 7.41. The van der Waals surface area contributed by atoms with Crippen LogP contribution in [0.2, 0.25) is 0 Å². The molecule has 1 amide bonds. The van der Waals surface area contributed by atoms with Crippen LogP contribution in [-0.2, 0) is 16.1 Å². The summed E-state index contributed by atoms with van der Waals surface area (Å²) in [5.74, 6) is 0.0545. The van der Waals surface area contributed by atoms with E-state index in [2.05, 4.69) is 10.5 Å². The van der Waals surface area contributed by atoms with Gasteiger partial charge in [-0.25, -0.2) is 4.79 Å². The molecule has 1 aromatic carbocycles. The molecule has 3 rings (SSSR count). The normalized spacial score (nSPS) is 11.3. The van der Waals surface area contributed by atoms with Gasteiger partial charge >= 0.3 is 5.97 Å². The number of nitrogens with one attached hydrogen (secondary N) is 1. The van der Waals surface area contributed by atoms with Crippen molar-refractivity contribution in [1.82, 2.24) is 5.16 Å². The Labute approximate surface area is 167 Å². The standard InChI is InChI=1S/C21H22N2O4S/c1-13-10-17(22-20(25)21(2,3)4)28-18(13)19(24)26-12-15-11-16(27-23-15)14-8-6-5-7-9-14/h5-11H,12H2,1-4H3,(H,22,25). The predicted molar refractivity (Wildman–Crippen MR) is 108 cm³/mol. The van der Waals surface area contributed by atoms with E-state index in [1.54, 1.807) is 12.1 Å². The zero-order valence-electron chi connectivity index (χ0n) is 16.2. The quantitative estimate of drug-likeness (QED) is 0.608. The van der Waals surface area contributed by atoms with Crippen LogP contribution in [0.25, 0.3) is 11.3 Å². The van der Waals surface area contributed by atoms with Gasteiger partial charge in [-0.15, -0.1) is 11.3 Å². The molecule has 146 valence electrons. The summed E-state index contributed by atoms with van der Waals surface area (Å²) in [6.07, 6.45) is 0. The minimum atomic E-state index is -0.512. The highest BCUT2D eigenvalue weighted by Gasteiger charge is 2.23. The highest BCUT2D eigenvalue weighted by atomic mass is 32.1. The van der Waals surface area contributed by atoms with Gasteiger partial charge in [-0.2, -0.15) is 0 Å². The van der Waals surface area contributed by atoms with Crippen LogP contribution in [0.1, 0.15) is 41.7 Å². The number of hydrogen-bond acceptors (Lipinski definition) is 6. The van der Waals surface area contributed by atoms with E-state index in [-0.39, 0.29) is 12.5 Å². The average Bonchev–Trinajstić information content (AvgIpc) is 3.26. The first-order valence-electron chi connectivity index (χ1n) is 8.84. The van der Waals surface area contributed by atoms with E-state index in [1.807, 2.05) is 58.0 Å². The summed E-state index contributed by atoms with van der Waals surface area (Å²) in [5.41, 5.74) is 1.68. The second-order valence-electron chi connectivity index (χ2n) is 7.45. The van der Waals surface area contributed by atoms with E-state index >= 15 is 0 Å². The maximum atomic E-state index is 12.4. The fraction of sp³-hybridized carbons (Fsp3) is 0.286. The zero-order valence-corrected chi connectivity index (χ0v) is 17.1. The summed E-state index contributed by atoms with van der Waals surface area (Å²) in [6.45, 7) is 7.32. The highest BCUT2D eigenvalue weighted by Crippen LogP contribution is 2.29. The van der Waals surface area contributed by atoms with Gasteiger partial charge < -0.3 is 14.6 Å². The summed E-state index contributed by atoms with van der Waals surface area (Å²) in [6, 6.07) is 13.1. The lowest BCUT2D eigenvalue weighted by Gasteiger charge is -2.16. The predicted octanol–water partition coefficient (Wildman–Crippen LogP) is 5.05. The molecule has 28 heavy (non-hydrogen) atoms. The van der Waals surface area contributed by atoms with Crippen molar-refractivity contribution < 1.29 is 18.8 Å². The van der Waals surface area contributed by atoms with Crippen LogP contribution in [0.5, 0.6) is 0 Å². The molecule has 0 aliphatic heterocycles. The molecule has 0 radical (unpaired) electrons. The largest absolute Gasteiger partial charge is 0.455 e. The number of benzene rings is 1. The molecule has 0 bridgehead atoms. The molecule has 0 atom stereocenters. The van der Waals surface area contributed by atoms with Crippen molar-refractivity contribution >= 4 is 28.2 Å². The van der Waals surface area contributed by atoms with Gasteiger partial charge in [-0.1, -0.05) is 56.3 Å². The number of amides is 1. The summed E-state index contributed by atoms with van der Waals surface area (Å²) in [4.78, 5) is 25.0. The molecule has 2 heterocycles. The number of aryl methyl sites for hydroxylation is 1. The van der Waals surface area contributed by atoms with Crippen LogP contribution in [0, 0.1) is 12.3 Å². The number of hydrogen-bond donors (Lipinski definition) is 1. The topological polar surface area (TPSA) is 81.4 Å². The Kier molecular flexibility index (Phi) is 5.65. The summed E-state index contributed by atoms with van der Waals surface area (Å²) < 4.78 is 10.7. The maximum absolute atomic E-state index is 12.4. The van der Waals surface area contributed by atoms with Crippen LogP contribution in [0.15, 0.2) is 47.0 Å². The third kappa shape index (κ3) is 4.67. The lowest BCUT2D eigenvalue weighted by Crippen LogP contribution is -2.27. The van der Waals surface area contributed by atoms with Crippen LogP contribution >= 0.6 is 11.3 Å². The maximum Gasteiger partial charge on any atom is 0.349 e. The third-order valence-electron chi connectivity index (χ3n) is 3.99. The first-order valence-corrected chi connectivity index (χ1v) is 9.66. The second-order valence-corrected chi connectivity index (χ2v) is 8.50. The van der Waals surface area contributed by atoms with Gasteiger partial charge in [-0.3, -0.25) is 4.79 Å².